The first-order valence-corrected chi connectivity index (χ1v) is 13.5. The molecule has 4 rings (SSSR count). The van der Waals surface area contributed by atoms with Gasteiger partial charge in [0.25, 0.3) is 0 Å². The summed E-state index contributed by atoms with van der Waals surface area (Å²) in [6, 6.07) is 10.1. The molecule has 1 unspecified atom stereocenters. The maximum absolute atomic E-state index is 12.6. The van der Waals surface area contributed by atoms with Crippen molar-refractivity contribution in [3.63, 3.8) is 0 Å². The molecule has 0 radical (unpaired) electrons. The van der Waals surface area contributed by atoms with E-state index in [1.165, 1.54) is 5.01 Å². The first-order valence-electron chi connectivity index (χ1n) is 13.5. The number of hydrogen-bond donors (Lipinski definition) is 3. The number of nitrogens with zero attached hydrogens (tertiary/aromatic N) is 4. The van der Waals surface area contributed by atoms with E-state index in [1.54, 1.807) is 20.9 Å². The van der Waals surface area contributed by atoms with Gasteiger partial charge in [-0.3, -0.25) is 9.69 Å². The smallest absolute Gasteiger partial charge is 0.310 e. The number of aryl methyl sites for hydroxylation is 1. The lowest BCUT2D eigenvalue weighted by Gasteiger charge is -2.34. The number of nitrogens with two attached hydrogens (primary N) is 2. The van der Waals surface area contributed by atoms with Crippen LogP contribution in [-0.4, -0.2) is 58.9 Å². The van der Waals surface area contributed by atoms with Crippen LogP contribution < -0.4 is 16.6 Å². The second-order valence-electron chi connectivity index (χ2n) is 11.2. The molecule has 9 nitrogen and oxygen atoms in total. The number of hydrazine groups is 1. The summed E-state index contributed by atoms with van der Waals surface area (Å²) in [6.07, 6.45) is 4.89. The van der Waals surface area contributed by atoms with Crippen LogP contribution in [0.2, 0.25) is 0 Å². The highest BCUT2D eigenvalue weighted by molar-refractivity contribution is 5.78. The van der Waals surface area contributed by atoms with Crippen LogP contribution >= 0.6 is 0 Å². The molecule has 5 N–H and O–H groups in total. The predicted octanol–water partition coefficient (Wildman–Crippen LogP) is 3.91. The Hall–Kier alpha value is -3.40. The minimum absolute atomic E-state index is 0.423. The third-order valence-electron chi connectivity index (χ3n) is 8.03. The van der Waals surface area contributed by atoms with Crippen LogP contribution in [0.15, 0.2) is 42.7 Å². The second-order valence-corrected chi connectivity index (χ2v) is 11.2. The number of aliphatic carboxylic acids is 1. The molecular formula is C30H42N6O3. The van der Waals surface area contributed by atoms with E-state index in [1.807, 2.05) is 37.5 Å². The molecule has 3 aromatic rings. The minimum atomic E-state index is -1.09. The second kappa shape index (κ2) is 11.8. The fourth-order valence-electron chi connectivity index (χ4n) is 5.48. The quantitative estimate of drug-likeness (QED) is 0.215. The van der Waals surface area contributed by atoms with Crippen LogP contribution in [0.5, 0.6) is 0 Å². The zero-order valence-corrected chi connectivity index (χ0v) is 23.8. The van der Waals surface area contributed by atoms with E-state index in [4.69, 9.17) is 16.3 Å². The zero-order valence-electron chi connectivity index (χ0n) is 23.8. The molecule has 1 aromatic heterocycles. The van der Waals surface area contributed by atoms with Crippen molar-refractivity contribution >= 4 is 17.3 Å². The van der Waals surface area contributed by atoms with E-state index in [-0.39, 0.29) is 0 Å². The van der Waals surface area contributed by atoms with E-state index in [9.17, 15) is 9.90 Å². The Morgan fingerprint density at radius 3 is 2.67 bits per heavy atom. The molecule has 0 amide bonds. The van der Waals surface area contributed by atoms with Crippen molar-refractivity contribution in [1.82, 2.24) is 14.5 Å². The van der Waals surface area contributed by atoms with Gasteiger partial charge in [0.05, 0.1) is 29.9 Å². The van der Waals surface area contributed by atoms with Crippen molar-refractivity contribution in [2.45, 2.75) is 53.1 Å². The number of anilines is 2. The van der Waals surface area contributed by atoms with E-state index >= 15 is 0 Å². The predicted molar refractivity (Wildman–Crippen MR) is 155 cm³/mol. The Balaban J connectivity index is 1.72. The number of carboxylic acid groups (broad SMARTS) is 1. The van der Waals surface area contributed by atoms with E-state index < -0.39 is 17.3 Å². The molecule has 1 atom stereocenters. The average Bonchev–Trinajstić information content (AvgIpc) is 3.14. The number of hydrogen-bond acceptors (Lipinski definition) is 7. The van der Waals surface area contributed by atoms with E-state index in [0.717, 1.165) is 72.9 Å². The summed E-state index contributed by atoms with van der Waals surface area (Å²) in [4.78, 5) is 19.6. The summed E-state index contributed by atoms with van der Waals surface area (Å²) < 4.78 is 7.79. The third-order valence-corrected chi connectivity index (χ3v) is 8.03. The fraction of sp³-hybridized carbons (Fsp3) is 0.467. The number of nitrogen functional groups attached to an aromatic ring is 1. The Kier molecular flexibility index (Phi) is 8.64. The number of rotatable bonds is 9. The Morgan fingerprint density at radius 2 is 1.95 bits per heavy atom. The summed E-state index contributed by atoms with van der Waals surface area (Å²) in [5.41, 5.74) is 11.6. The highest BCUT2D eigenvalue weighted by Crippen LogP contribution is 2.45. The largest absolute Gasteiger partial charge is 0.481 e. The van der Waals surface area contributed by atoms with Gasteiger partial charge in [-0.05, 0) is 68.0 Å². The number of benzene rings is 2. The number of aromatic nitrogens is 2. The number of carboxylic acids is 1. The lowest BCUT2D eigenvalue weighted by molar-refractivity contribution is -0.147. The number of carbonyl (C=O) groups is 1. The van der Waals surface area contributed by atoms with Crippen LogP contribution in [-0.2, 0) is 22.6 Å². The van der Waals surface area contributed by atoms with Gasteiger partial charge in [0.2, 0.25) is 0 Å². The van der Waals surface area contributed by atoms with Crippen molar-refractivity contribution in [3.05, 3.63) is 76.4 Å². The normalized spacial score (nSPS) is 15.6. The zero-order chi connectivity index (χ0) is 28.3. The topological polar surface area (TPSA) is 123 Å². The van der Waals surface area contributed by atoms with Gasteiger partial charge in [-0.15, -0.1) is 0 Å². The highest BCUT2D eigenvalue weighted by atomic mass is 16.5. The summed E-state index contributed by atoms with van der Waals surface area (Å²) in [5.74, 6) is 5.69. The first-order chi connectivity index (χ1) is 18.5. The molecule has 0 aliphatic carbocycles. The van der Waals surface area contributed by atoms with Crippen LogP contribution in [0.3, 0.4) is 0 Å². The van der Waals surface area contributed by atoms with Gasteiger partial charge in [-0.25, -0.2) is 10.8 Å². The van der Waals surface area contributed by atoms with Crippen molar-refractivity contribution in [3.8, 4) is 0 Å². The van der Waals surface area contributed by atoms with Gasteiger partial charge < -0.3 is 25.2 Å². The van der Waals surface area contributed by atoms with Gasteiger partial charge in [-0.1, -0.05) is 24.3 Å². The Morgan fingerprint density at radius 1 is 1.18 bits per heavy atom. The third kappa shape index (κ3) is 6.11. The molecule has 0 spiro atoms. The van der Waals surface area contributed by atoms with Crippen LogP contribution in [0, 0.1) is 19.3 Å². The number of ether oxygens (including phenoxy) is 1. The molecule has 2 heterocycles. The SMILES string of the molecule is Cc1ccc(C(c2ccc(N(C)N)c(N)c2C)C(C)(C)C(=O)O)cc1Cn1ccnc1CN1CCCOCC1. The van der Waals surface area contributed by atoms with Crippen molar-refractivity contribution in [2.24, 2.45) is 11.3 Å². The molecule has 1 fully saturated rings. The van der Waals surface area contributed by atoms with Gasteiger partial charge in [-0.2, -0.15) is 0 Å². The fourth-order valence-corrected chi connectivity index (χ4v) is 5.48. The average molecular weight is 535 g/mol. The van der Waals surface area contributed by atoms with Gasteiger partial charge in [0, 0.05) is 51.6 Å². The van der Waals surface area contributed by atoms with Crippen molar-refractivity contribution < 1.29 is 14.6 Å². The Bertz CT molecular complexity index is 1310. The summed E-state index contributed by atoms with van der Waals surface area (Å²) in [7, 11) is 1.74. The molecule has 2 aromatic carbocycles. The lowest BCUT2D eigenvalue weighted by Crippen LogP contribution is -2.33. The maximum atomic E-state index is 12.6. The van der Waals surface area contributed by atoms with Crippen LogP contribution in [0.1, 0.15) is 59.8 Å². The molecule has 210 valence electrons. The summed E-state index contributed by atoms with van der Waals surface area (Å²) in [6.45, 7) is 12.4. The molecule has 0 bridgehead atoms. The highest BCUT2D eigenvalue weighted by Gasteiger charge is 2.40. The molecule has 9 heteroatoms. The van der Waals surface area contributed by atoms with Gasteiger partial charge in [0.15, 0.2) is 0 Å². The monoisotopic (exact) mass is 534 g/mol. The maximum Gasteiger partial charge on any atom is 0.310 e. The van der Waals surface area contributed by atoms with Crippen molar-refractivity contribution in [1.29, 1.82) is 0 Å². The van der Waals surface area contributed by atoms with E-state index in [0.29, 0.717) is 17.9 Å². The molecule has 39 heavy (non-hydrogen) atoms. The number of imidazole rings is 1. The van der Waals surface area contributed by atoms with E-state index in [2.05, 4.69) is 33.5 Å². The lowest BCUT2D eigenvalue weighted by atomic mass is 9.69. The van der Waals surface area contributed by atoms with Gasteiger partial charge in [0.1, 0.15) is 5.82 Å². The molecule has 1 aliphatic rings. The minimum Gasteiger partial charge on any atom is -0.481 e. The van der Waals surface area contributed by atoms with Crippen molar-refractivity contribution in [2.75, 3.05) is 44.1 Å². The molecule has 0 saturated carbocycles. The molecule has 1 aliphatic heterocycles. The molecule has 1 saturated heterocycles. The summed E-state index contributed by atoms with van der Waals surface area (Å²) in [5, 5.41) is 11.8. The Labute approximate surface area is 231 Å². The first kappa shape index (κ1) is 28.6. The van der Waals surface area contributed by atoms with Crippen LogP contribution in [0.4, 0.5) is 11.4 Å². The van der Waals surface area contributed by atoms with Crippen LogP contribution in [0.25, 0.3) is 0 Å². The molecular weight excluding hydrogens is 492 g/mol. The standard InChI is InChI=1S/C30H42N6O3/c1-20-7-8-22(17-23(20)18-36-13-11-33-26(36)19-35-12-6-15-39-16-14-35)27(30(3,4)29(37)38)24-9-10-25(34(5)32)28(31)21(24)2/h7-11,13,17,27H,6,12,14-16,18-19,31-32H2,1-5H3,(H,37,38). The van der Waals surface area contributed by atoms with Gasteiger partial charge >= 0.3 is 5.97 Å². The summed E-state index contributed by atoms with van der Waals surface area (Å²) >= 11 is 0.